The monoisotopic (exact) mass is 738 g/mol. The maximum atomic E-state index is 12.1. The molecule has 51 heavy (non-hydrogen) atoms. The van der Waals surface area contributed by atoms with E-state index in [0.717, 1.165) is 11.1 Å². The molecule has 2 aromatic rings. The van der Waals surface area contributed by atoms with Gasteiger partial charge in [0.25, 0.3) is 0 Å². The van der Waals surface area contributed by atoms with Gasteiger partial charge in [-0.15, -0.1) is 0 Å². The Kier molecular flexibility index (Phi) is 22.6. The number of nitrogens with zero attached hydrogens (tertiary/aromatic N) is 2. The Morgan fingerprint density at radius 1 is 0.608 bits per heavy atom. The molecule has 0 radical (unpaired) electrons. The van der Waals surface area contributed by atoms with Crippen molar-refractivity contribution in [3.05, 3.63) is 71.8 Å². The Balaban J connectivity index is 0.000000865. The number of benzene rings is 2. The van der Waals surface area contributed by atoms with E-state index in [1.165, 1.54) is 0 Å². The predicted octanol–water partition coefficient (Wildman–Crippen LogP) is -0.113. The van der Waals surface area contributed by atoms with Crippen LogP contribution in [0.3, 0.4) is 0 Å². The molecule has 2 aromatic carbocycles. The molecule has 0 fully saturated rings. The summed E-state index contributed by atoms with van der Waals surface area (Å²) in [6.45, 7) is 0.797. The lowest BCUT2D eigenvalue weighted by Gasteiger charge is -2.15. The zero-order valence-corrected chi connectivity index (χ0v) is 29.0. The second-order valence-corrected chi connectivity index (χ2v) is 12.2. The van der Waals surface area contributed by atoms with Gasteiger partial charge in [-0.3, -0.25) is 38.3 Å². The minimum absolute atomic E-state index is 0.00120. The van der Waals surface area contributed by atoms with E-state index in [0.29, 0.717) is 51.6 Å². The highest BCUT2D eigenvalue weighted by molar-refractivity contribution is 7.79. The van der Waals surface area contributed by atoms with Gasteiger partial charge in [0.1, 0.15) is 11.6 Å². The average molecular weight is 739 g/mol. The number of carbonyl (C=O) groups is 4. The number of ketones is 2. The number of aliphatic carboxylic acids is 2. The molecular formula is C32H50N8O10S. The van der Waals surface area contributed by atoms with Crippen LogP contribution in [-0.4, -0.2) is 88.3 Å². The molecule has 0 aliphatic carbocycles. The maximum absolute atomic E-state index is 12.1. The normalized spacial score (nSPS) is 12.9. The summed E-state index contributed by atoms with van der Waals surface area (Å²) in [5, 5.41) is 18.6. The van der Waals surface area contributed by atoms with Crippen molar-refractivity contribution in [1.29, 1.82) is 0 Å². The van der Waals surface area contributed by atoms with Gasteiger partial charge in [0.05, 0.1) is 23.9 Å². The van der Waals surface area contributed by atoms with Crippen molar-refractivity contribution in [1.82, 2.24) is 0 Å². The summed E-state index contributed by atoms with van der Waals surface area (Å²) in [7, 11) is -4.67. The van der Waals surface area contributed by atoms with Crippen LogP contribution in [0, 0.1) is 11.8 Å². The highest BCUT2D eigenvalue weighted by atomic mass is 32.3. The molecule has 0 amide bonds. The van der Waals surface area contributed by atoms with Crippen LogP contribution < -0.4 is 34.4 Å². The Hall–Kier alpha value is -4.95. The molecule has 4 atom stereocenters. The molecule has 19 heteroatoms. The van der Waals surface area contributed by atoms with Gasteiger partial charge < -0.3 is 44.6 Å². The van der Waals surface area contributed by atoms with Gasteiger partial charge in [-0.2, -0.15) is 8.42 Å². The summed E-state index contributed by atoms with van der Waals surface area (Å²) >= 11 is 0. The molecule has 284 valence electrons. The van der Waals surface area contributed by atoms with E-state index in [9.17, 15) is 29.4 Å². The third-order valence-electron chi connectivity index (χ3n) is 7.01. The van der Waals surface area contributed by atoms with Crippen molar-refractivity contribution in [3.8, 4) is 0 Å². The van der Waals surface area contributed by atoms with Crippen LogP contribution in [0.5, 0.6) is 0 Å². The summed E-state index contributed by atoms with van der Waals surface area (Å²) in [4.78, 5) is 54.5. The molecule has 2 rings (SSSR count). The first kappa shape index (κ1) is 46.0. The van der Waals surface area contributed by atoms with Crippen molar-refractivity contribution >= 4 is 45.8 Å². The molecule has 18 nitrogen and oxygen atoms in total. The molecule has 0 spiro atoms. The van der Waals surface area contributed by atoms with Crippen LogP contribution in [-0.2, 0) is 42.4 Å². The molecule has 0 heterocycles. The number of carbonyl (C=O) groups excluding carboxylic acids is 2. The van der Waals surface area contributed by atoms with E-state index in [1.807, 2.05) is 60.7 Å². The Morgan fingerprint density at radius 3 is 1.16 bits per heavy atom. The first-order valence-electron chi connectivity index (χ1n) is 15.7. The van der Waals surface area contributed by atoms with Crippen LogP contribution in [0.25, 0.3) is 0 Å². The zero-order chi connectivity index (χ0) is 39.0. The molecule has 0 unspecified atom stereocenters. The van der Waals surface area contributed by atoms with Gasteiger partial charge in [-0.1, -0.05) is 60.7 Å². The summed E-state index contributed by atoms with van der Waals surface area (Å²) in [5.41, 5.74) is 34.2. The van der Waals surface area contributed by atoms with E-state index in [4.69, 9.17) is 51.9 Å². The third kappa shape index (κ3) is 25.7. The van der Waals surface area contributed by atoms with Crippen molar-refractivity contribution in [2.75, 3.05) is 13.1 Å². The fourth-order valence-electron chi connectivity index (χ4n) is 4.44. The summed E-state index contributed by atoms with van der Waals surface area (Å²) < 4.78 is 31.6. The number of rotatable bonds is 20. The van der Waals surface area contributed by atoms with Gasteiger partial charge >= 0.3 is 22.3 Å². The summed E-state index contributed by atoms with van der Waals surface area (Å²) in [6.07, 6.45) is 2.45. The highest BCUT2D eigenvalue weighted by Gasteiger charge is 2.25. The van der Waals surface area contributed by atoms with Crippen molar-refractivity contribution in [2.24, 2.45) is 56.2 Å². The largest absolute Gasteiger partial charge is 0.481 e. The van der Waals surface area contributed by atoms with E-state index in [2.05, 4.69) is 9.98 Å². The maximum Gasteiger partial charge on any atom is 0.394 e. The molecule has 16 N–H and O–H groups in total. The van der Waals surface area contributed by atoms with E-state index >= 15 is 0 Å². The second-order valence-electron chi connectivity index (χ2n) is 11.3. The standard InChI is InChI=1S/2C16H24N4O3.H2O4S/c2*17-13(7-4-8-20-16(18)19)14(21)10-12(15(22)23)9-11-5-2-1-3-6-11;1-5(2,3)4/h2*1-3,5-6,12-13H,4,7-10,17H2,(H,22,23)(H4,18,19,20);(H2,1,2,3,4)/t2*12-,13+;/m11./s1. The average Bonchev–Trinajstić information content (AvgIpc) is 3.04. The van der Waals surface area contributed by atoms with Gasteiger partial charge in [0, 0.05) is 25.9 Å². The molecule has 0 saturated carbocycles. The lowest BCUT2D eigenvalue weighted by Crippen LogP contribution is -2.34. The van der Waals surface area contributed by atoms with Crippen molar-refractivity contribution < 1.29 is 46.9 Å². The van der Waals surface area contributed by atoms with Crippen molar-refractivity contribution in [3.63, 3.8) is 0 Å². The van der Waals surface area contributed by atoms with Gasteiger partial charge in [0.2, 0.25) is 0 Å². The Labute approximate surface area is 296 Å². The molecule has 0 bridgehead atoms. The Bertz CT molecular complexity index is 1410. The molecular weight excluding hydrogens is 688 g/mol. The van der Waals surface area contributed by atoms with Crippen LogP contribution in [0.2, 0.25) is 0 Å². The van der Waals surface area contributed by atoms with Crippen LogP contribution >= 0.6 is 0 Å². The van der Waals surface area contributed by atoms with Crippen LogP contribution in [0.4, 0.5) is 0 Å². The van der Waals surface area contributed by atoms with Gasteiger partial charge in [0.15, 0.2) is 11.9 Å². The number of aliphatic imine (C=N–C) groups is 2. The minimum Gasteiger partial charge on any atom is -0.481 e. The second kappa shape index (κ2) is 25.1. The highest BCUT2D eigenvalue weighted by Crippen LogP contribution is 2.16. The van der Waals surface area contributed by atoms with Gasteiger partial charge in [-0.25, -0.2) is 0 Å². The number of hydrogen-bond acceptors (Lipinski definition) is 10. The van der Waals surface area contributed by atoms with E-state index in [1.54, 1.807) is 0 Å². The number of carboxylic acid groups (broad SMARTS) is 2. The minimum atomic E-state index is -4.67. The zero-order valence-electron chi connectivity index (χ0n) is 28.2. The van der Waals surface area contributed by atoms with E-state index < -0.39 is 46.3 Å². The quantitative estimate of drug-likeness (QED) is 0.0366. The first-order chi connectivity index (χ1) is 23.8. The third-order valence-corrected chi connectivity index (χ3v) is 7.01. The van der Waals surface area contributed by atoms with Crippen LogP contribution in [0.1, 0.15) is 49.7 Å². The van der Waals surface area contributed by atoms with Crippen LogP contribution in [0.15, 0.2) is 70.6 Å². The SMILES string of the molecule is NC(N)=NCCC[C@H](N)C(=O)C[C@@H](Cc1ccccc1)C(=O)O.NC(N)=NCCC[C@H](N)C(=O)C[C@@H](Cc1ccccc1)C(=O)O.O=S(=O)(O)O. The lowest BCUT2D eigenvalue weighted by atomic mass is 9.91. The number of nitrogens with two attached hydrogens (primary N) is 6. The van der Waals surface area contributed by atoms with E-state index in [-0.39, 0.29) is 36.3 Å². The fraction of sp³-hybridized carbons (Fsp3) is 0.438. The molecule has 0 aliphatic heterocycles. The number of hydrogen-bond donors (Lipinski definition) is 10. The summed E-state index contributed by atoms with van der Waals surface area (Å²) in [5.74, 6) is -4.03. The fourth-order valence-corrected chi connectivity index (χ4v) is 4.44. The summed E-state index contributed by atoms with van der Waals surface area (Å²) in [6, 6.07) is 17.1. The lowest BCUT2D eigenvalue weighted by molar-refractivity contribution is -0.144. The number of guanidine groups is 2. The topological polar surface area (TPSA) is 364 Å². The number of carboxylic acids is 2. The Morgan fingerprint density at radius 2 is 0.902 bits per heavy atom. The first-order valence-corrected chi connectivity index (χ1v) is 17.1. The predicted molar refractivity (Wildman–Crippen MR) is 192 cm³/mol. The van der Waals surface area contributed by atoms with Crippen molar-refractivity contribution in [2.45, 2.75) is 63.5 Å². The molecule has 0 aliphatic rings. The smallest absolute Gasteiger partial charge is 0.394 e. The molecule has 0 saturated heterocycles. The van der Waals surface area contributed by atoms with Gasteiger partial charge in [-0.05, 0) is 49.7 Å². The molecule has 0 aromatic heterocycles. The number of Topliss-reactive ketones (excluding diaryl/α,β-unsaturated/α-hetero) is 2.